The molecule has 2 aliphatic carbocycles. The number of ether oxygens (including phenoxy) is 2. The fraction of sp³-hybridized carbons (Fsp3) is 0.522. The fourth-order valence-corrected chi connectivity index (χ4v) is 4.76. The van der Waals surface area contributed by atoms with Crippen molar-refractivity contribution in [1.82, 2.24) is 9.97 Å². The zero-order valence-electron chi connectivity index (χ0n) is 16.9. The lowest BCUT2D eigenvalue weighted by Gasteiger charge is -2.41. The van der Waals surface area contributed by atoms with Crippen LogP contribution in [0.15, 0.2) is 35.6 Å². The highest BCUT2D eigenvalue weighted by Gasteiger charge is 2.41. The Morgan fingerprint density at radius 2 is 1.93 bits per heavy atom. The summed E-state index contributed by atoms with van der Waals surface area (Å²) < 4.78 is 12.3. The highest BCUT2D eigenvalue weighted by atomic mass is 16.5. The van der Waals surface area contributed by atoms with Crippen molar-refractivity contribution in [2.24, 2.45) is 4.99 Å². The maximum absolute atomic E-state index is 6.17. The van der Waals surface area contributed by atoms with E-state index in [-0.39, 0.29) is 11.2 Å². The van der Waals surface area contributed by atoms with E-state index in [0.717, 1.165) is 79.6 Å². The first kappa shape index (κ1) is 17.4. The first-order chi connectivity index (χ1) is 14.1. The van der Waals surface area contributed by atoms with Gasteiger partial charge in [-0.05, 0) is 50.8 Å². The number of anilines is 1. The highest BCUT2D eigenvalue weighted by Crippen LogP contribution is 2.42. The topological polar surface area (TPSA) is 59.8 Å². The van der Waals surface area contributed by atoms with Crippen molar-refractivity contribution in [2.45, 2.75) is 56.7 Å². The predicted octanol–water partition coefficient (Wildman–Crippen LogP) is 4.04. The number of aliphatic imine (C=N–C) groups is 1. The monoisotopic (exact) mass is 390 g/mol. The van der Waals surface area contributed by atoms with Crippen LogP contribution in [0.5, 0.6) is 5.75 Å². The Hall–Kier alpha value is -2.47. The van der Waals surface area contributed by atoms with Gasteiger partial charge in [-0.2, -0.15) is 0 Å². The molecule has 2 saturated carbocycles. The molecule has 0 unspecified atom stereocenters. The molecule has 1 spiro atoms. The van der Waals surface area contributed by atoms with Crippen molar-refractivity contribution >= 4 is 17.2 Å². The van der Waals surface area contributed by atoms with Crippen LogP contribution in [-0.2, 0) is 4.74 Å². The molecule has 150 valence electrons. The van der Waals surface area contributed by atoms with Crippen LogP contribution in [0, 0.1) is 0 Å². The summed E-state index contributed by atoms with van der Waals surface area (Å²) in [6.07, 6.45) is 8.75. The summed E-state index contributed by atoms with van der Waals surface area (Å²) in [5, 5.41) is 0. The minimum absolute atomic E-state index is 0.0178. The zero-order valence-corrected chi connectivity index (χ0v) is 16.9. The Morgan fingerprint density at radius 1 is 1.07 bits per heavy atom. The smallest absolute Gasteiger partial charge is 0.132 e. The first-order valence-corrected chi connectivity index (χ1v) is 10.8. The largest absolute Gasteiger partial charge is 0.488 e. The van der Waals surface area contributed by atoms with Gasteiger partial charge in [-0.3, -0.25) is 0 Å². The van der Waals surface area contributed by atoms with Gasteiger partial charge in [0.2, 0.25) is 0 Å². The van der Waals surface area contributed by atoms with Crippen molar-refractivity contribution in [3.8, 4) is 5.75 Å². The van der Waals surface area contributed by atoms with Gasteiger partial charge in [-0.15, -0.1) is 0 Å². The normalized spacial score (nSPS) is 23.3. The SMILES string of the molecule is CC1(Oc2ccc3c(c2)C(c2cc(N4CCOC5(CCCC5)C4)ncn2)=N3)CC1. The van der Waals surface area contributed by atoms with Crippen molar-refractivity contribution in [2.75, 3.05) is 24.6 Å². The fourth-order valence-electron chi connectivity index (χ4n) is 4.76. The second-order valence-electron chi connectivity index (χ2n) is 9.11. The molecule has 0 amide bonds. The van der Waals surface area contributed by atoms with Crippen molar-refractivity contribution in [1.29, 1.82) is 0 Å². The average molecular weight is 390 g/mol. The summed E-state index contributed by atoms with van der Waals surface area (Å²) >= 11 is 0. The molecule has 6 rings (SSSR count). The van der Waals surface area contributed by atoms with E-state index in [0.29, 0.717) is 0 Å². The lowest BCUT2D eigenvalue weighted by Crippen LogP contribution is -2.50. The van der Waals surface area contributed by atoms with Gasteiger partial charge < -0.3 is 14.4 Å². The molecular weight excluding hydrogens is 364 g/mol. The number of fused-ring (bicyclic) bond motifs is 1. The molecule has 0 bridgehead atoms. The predicted molar refractivity (Wildman–Crippen MR) is 111 cm³/mol. The molecule has 4 aliphatic rings. The number of rotatable bonds is 4. The van der Waals surface area contributed by atoms with Crippen molar-refractivity contribution < 1.29 is 9.47 Å². The van der Waals surface area contributed by atoms with E-state index < -0.39 is 0 Å². The lowest BCUT2D eigenvalue weighted by molar-refractivity contribution is -0.0503. The summed E-state index contributed by atoms with van der Waals surface area (Å²) in [5.74, 6) is 1.89. The lowest BCUT2D eigenvalue weighted by atomic mass is 9.98. The van der Waals surface area contributed by atoms with Crippen LogP contribution >= 0.6 is 0 Å². The van der Waals surface area contributed by atoms with Crippen LogP contribution in [0.4, 0.5) is 11.5 Å². The first-order valence-electron chi connectivity index (χ1n) is 10.8. The minimum Gasteiger partial charge on any atom is -0.488 e. The van der Waals surface area contributed by atoms with Gasteiger partial charge in [-0.25, -0.2) is 15.0 Å². The average Bonchev–Trinajstić information content (AvgIpc) is 3.28. The van der Waals surface area contributed by atoms with E-state index in [1.807, 2.05) is 12.1 Å². The summed E-state index contributed by atoms with van der Waals surface area (Å²) in [5.41, 5.74) is 3.97. The van der Waals surface area contributed by atoms with Crippen molar-refractivity contribution in [3.05, 3.63) is 41.9 Å². The summed E-state index contributed by atoms with van der Waals surface area (Å²) in [7, 11) is 0. The van der Waals surface area contributed by atoms with Crippen LogP contribution in [0.2, 0.25) is 0 Å². The van der Waals surface area contributed by atoms with Gasteiger partial charge in [0.15, 0.2) is 0 Å². The molecule has 1 aromatic heterocycles. The second-order valence-corrected chi connectivity index (χ2v) is 9.11. The van der Waals surface area contributed by atoms with E-state index in [9.17, 15) is 0 Å². The summed E-state index contributed by atoms with van der Waals surface area (Å²) in [4.78, 5) is 16.1. The third-order valence-corrected chi connectivity index (χ3v) is 6.76. The molecule has 6 heteroatoms. The van der Waals surface area contributed by atoms with Gasteiger partial charge in [-0.1, -0.05) is 12.8 Å². The Morgan fingerprint density at radius 3 is 2.76 bits per heavy atom. The van der Waals surface area contributed by atoms with Gasteiger partial charge in [0.05, 0.1) is 29.3 Å². The maximum atomic E-state index is 6.17. The van der Waals surface area contributed by atoms with Crippen LogP contribution in [0.3, 0.4) is 0 Å². The minimum atomic E-state index is 0.0178. The Bertz CT molecular complexity index is 992. The molecule has 2 aliphatic heterocycles. The number of nitrogens with zero attached hydrogens (tertiary/aromatic N) is 4. The van der Waals surface area contributed by atoms with Crippen LogP contribution in [0.1, 0.15) is 56.7 Å². The molecule has 1 saturated heterocycles. The maximum Gasteiger partial charge on any atom is 0.132 e. The summed E-state index contributed by atoms with van der Waals surface area (Å²) in [6.45, 7) is 4.72. The molecule has 3 fully saturated rings. The molecule has 2 aromatic rings. The van der Waals surface area contributed by atoms with Crippen LogP contribution in [0.25, 0.3) is 0 Å². The molecule has 29 heavy (non-hydrogen) atoms. The van der Waals surface area contributed by atoms with Crippen LogP contribution < -0.4 is 9.64 Å². The standard InChI is InChI=1S/C23H26N4O2/c1-22(8-9-22)29-16-4-5-18-17(12-16)21(26-18)19-13-20(25-15-24-19)27-10-11-28-23(14-27)6-2-3-7-23/h4-5,12-13,15H,2-3,6-11,14H2,1H3. The number of aromatic nitrogens is 2. The molecule has 3 heterocycles. The second kappa shape index (κ2) is 6.26. The molecule has 1 aromatic carbocycles. The Balaban J connectivity index is 1.24. The highest BCUT2D eigenvalue weighted by molar-refractivity contribution is 6.21. The van der Waals surface area contributed by atoms with E-state index in [2.05, 4.69) is 33.9 Å². The Kier molecular flexibility index (Phi) is 3.76. The zero-order chi connectivity index (χ0) is 19.5. The van der Waals surface area contributed by atoms with Gasteiger partial charge >= 0.3 is 0 Å². The van der Waals surface area contributed by atoms with Crippen LogP contribution in [-0.4, -0.2) is 46.6 Å². The molecule has 0 N–H and O–H groups in total. The molecular formula is C23H26N4O2. The molecule has 6 nitrogen and oxygen atoms in total. The number of hydrogen-bond acceptors (Lipinski definition) is 6. The molecule has 0 atom stereocenters. The Labute approximate surface area is 171 Å². The van der Waals surface area contributed by atoms with E-state index >= 15 is 0 Å². The van der Waals surface area contributed by atoms with Gasteiger partial charge in [0.25, 0.3) is 0 Å². The third-order valence-electron chi connectivity index (χ3n) is 6.76. The third kappa shape index (κ3) is 3.10. The number of morpholine rings is 1. The molecule has 0 radical (unpaired) electrons. The summed E-state index contributed by atoms with van der Waals surface area (Å²) in [6, 6.07) is 8.23. The van der Waals surface area contributed by atoms with E-state index in [1.165, 1.54) is 12.8 Å². The van der Waals surface area contributed by atoms with E-state index in [4.69, 9.17) is 14.5 Å². The quantitative estimate of drug-likeness (QED) is 0.673. The van der Waals surface area contributed by atoms with E-state index in [1.54, 1.807) is 6.33 Å². The number of benzene rings is 1. The van der Waals surface area contributed by atoms with Gasteiger partial charge in [0, 0.05) is 24.7 Å². The number of hydrogen-bond donors (Lipinski definition) is 0. The van der Waals surface area contributed by atoms with Gasteiger partial charge in [0.1, 0.15) is 23.5 Å². The van der Waals surface area contributed by atoms with Crippen molar-refractivity contribution in [3.63, 3.8) is 0 Å².